The average Bonchev–Trinajstić information content (AvgIpc) is 3.15. The maximum atomic E-state index is 5.40. The van der Waals surface area contributed by atoms with Crippen molar-refractivity contribution in [3.63, 3.8) is 0 Å². The molecular formula is C14H9BrN4OS. The second-order valence-corrected chi connectivity index (χ2v) is 6.14. The third kappa shape index (κ3) is 2.28. The SMILES string of the molecule is Brc1cccc(C2=CSc3nnc(-c4ccco4)n3N2)c1. The van der Waals surface area contributed by atoms with Crippen molar-refractivity contribution in [2.45, 2.75) is 5.16 Å². The molecule has 0 radical (unpaired) electrons. The lowest BCUT2D eigenvalue weighted by Gasteiger charge is -2.18. The smallest absolute Gasteiger partial charge is 0.219 e. The summed E-state index contributed by atoms with van der Waals surface area (Å²) >= 11 is 5.01. The fraction of sp³-hybridized carbons (Fsp3) is 0. The largest absolute Gasteiger partial charge is 0.461 e. The number of benzene rings is 1. The van der Waals surface area contributed by atoms with E-state index >= 15 is 0 Å². The molecule has 0 atom stereocenters. The molecule has 0 bridgehead atoms. The normalized spacial score (nSPS) is 13.5. The van der Waals surface area contributed by atoms with Gasteiger partial charge in [-0.05, 0) is 24.3 Å². The summed E-state index contributed by atoms with van der Waals surface area (Å²) in [6.07, 6.45) is 1.62. The summed E-state index contributed by atoms with van der Waals surface area (Å²) in [5.74, 6) is 1.33. The molecule has 0 fully saturated rings. The summed E-state index contributed by atoms with van der Waals surface area (Å²) in [4.78, 5) is 0. The van der Waals surface area contributed by atoms with E-state index in [9.17, 15) is 0 Å². The maximum Gasteiger partial charge on any atom is 0.219 e. The molecule has 0 unspecified atom stereocenters. The summed E-state index contributed by atoms with van der Waals surface area (Å²) < 4.78 is 8.27. The van der Waals surface area contributed by atoms with Gasteiger partial charge in [0.25, 0.3) is 0 Å². The van der Waals surface area contributed by atoms with Crippen LogP contribution in [-0.2, 0) is 0 Å². The number of halogens is 1. The van der Waals surface area contributed by atoms with Gasteiger partial charge in [-0.25, -0.2) is 4.68 Å². The van der Waals surface area contributed by atoms with Gasteiger partial charge in [0.15, 0.2) is 5.76 Å². The van der Waals surface area contributed by atoms with Crippen LogP contribution in [0.5, 0.6) is 0 Å². The number of aromatic nitrogens is 3. The zero-order chi connectivity index (χ0) is 14.2. The van der Waals surface area contributed by atoms with Crippen LogP contribution < -0.4 is 5.43 Å². The molecule has 1 aromatic carbocycles. The van der Waals surface area contributed by atoms with E-state index < -0.39 is 0 Å². The number of fused-ring (bicyclic) bond motifs is 1. The highest BCUT2D eigenvalue weighted by Crippen LogP contribution is 2.31. The summed E-state index contributed by atoms with van der Waals surface area (Å²) in [5.41, 5.74) is 5.40. The molecule has 3 heterocycles. The lowest BCUT2D eigenvalue weighted by Crippen LogP contribution is -2.18. The molecule has 7 heteroatoms. The molecule has 21 heavy (non-hydrogen) atoms. The zero-order valence-electron chi connectivity index (χ0n) is 10.7. The molecule has 2 aromatic heterocycles. The number of rotatable bonds is 2. The third-order valence-electron chi connectivity index (χ3n) is 3.02. The van der Waals surface area contributed by atoms with E-state index in [1.807, 2.05) is 40.4 Å². The first-order valence-electron chi connectivity index (χ1n) is 6.20. The van der Waals surface area contributed by atoms with Crippen molar-refractivity contribution in [1.82, 2.24) is 14.9 Å². The van der Waals surface area contributed by atoms with Crippen LogP contribution in [0, 0.1) is 0 Å². The molecule has 0 aliphatic carbocycles. The van der Waals surface area contributed by atoms with Gasteiger partial charge in [-0.2, -0.15) is 0 Å². The Balaban J connectivity index is 1.73. The van der Waals surface area contributed by atoms with Gasteiger partial charge in [0, 0.05) is 15.4 Å². The van der Waals surface area contributed by atoms with Gasteiger partial charge in [0.1, 0.15) is 0 Å². The van der Waals surface area contributed by atoms with E-state index in [1.54, 1.807) is 6.26 Å². The van der Waals surface area contributed by atoms with E-state index in [1.165, 1.54) is 11.8 Å². The Morgan fingerprint density at radius 1 is 1.19 bits per heavy atom. The number of thioether (sulfide) groups is 1. The van der Waals surface area contributed by atoms with Crippen LogP contribution in [-0.4, -0.2) is 14.9 Å². The van der Waals surface area contributed by atoms with Crippen LogP contribution in [0.15, 0.2) is 62.1 Å². The molecule has 0 spiro atoms. The van der Waals surface area contributed by atoms with E-state index in [4.69, 9.17) is 4.42 Å². The van der Waals surface area contributed by atoms with E-state index in [0.717, 1.165) is 20.9 Å². The van der Waals surface area contributed by atoms with Crippen molar-refractivity contribution < 1.29 is 4.42 Å². The Kier molecular flexibility index (Phi) is 3.08. The summed E-state index contributed by atoms with van der Waals surface area (Å²) in [6.45, 7) is 0. The second-order valence-electron chi connectivity index (χ2n) is 4.39. The van der Waals surface area contributed by atoms with Gasteiger partial charge >= 0.3 is 0 Å². The molecule has 0 amide bonds. The Bertz CT molecular complexity index is 825. The lowest BCUT2D eigenvalue weighted by atomic mass is 10.2. The summed E-state index contributed by atoms with van der Waals surface area (Å²) in [7, 11) is 0. The standard InChI is InChI=1S/C14H9BrN4OS/c15-10-4-1-3-9(7-10)11-8-21-14-17-16-13(19(14)18-11)12-5-2-6-20-12/h1-8,18H. The first kappa shape index (κ1) is 12.7. The van der Waals surface area contributed by atoms with E-state index in [0.29, 0.717) is 11.6 Å². The molecule has 104 valence electrons. The van der Waals surface area contributed by atoms with Crippen molar-refractivity contribution in [3.8, 4) is 11.6 Å². The molecule has 0 saturated heterocycles. The quantitative estimate of drug-likeness (QED) is 0.749. The third-order valence-corrected chi connectivity index (χ3v) is 4.35. The predicted octanol–water partition coefficient (Wildman–Crippen LogP) is 3.95. The molecular weight excluding hydrogens is 352 g/mol. The first-order chi connectivity index (χ1) is 10.3. The number of hydrogen-bond acceptors (Lipinski definition) is 5. The van der Waals surface area contributed by atoms with Gasteiger partial charge in [0.05, 0.1) is 12.0 Å². The highest BCUT2D eigenvalue weighted by Gasteiger charge is 2.20. The monoisotopic (exact) mass is 360 g/mol. The van der Waals surface area contributed by atoms with Crippen molar-refractivity contribution in [3.05, 3.63) is 58.1 Å². The van der Waals surface area contributed by atoms with Gasteiger partial charge in [-0.15, -0.1) is 10.2 Å². The Hall–Kier alpha value is -1.99. The Morgan fingerprint density at radius 3 is 2.95 bits per heavy atom. The number of nitrogens with zero attached hydrogens (tertiary/aromatic N) is 3. The van der Waals surface area contributed by atoms with E-state index in [-0.39, 0.29) is 0 Å². The fourth-order valence-corrected chi connectivity index (χ4v) is 3.20. The minimum atomic E-state index is 0.656. The van der Waals surface area contributed by atoms with Crippen molar-refractivity contribution in [2.24, 2.45) is 0 Å². The lowest BCUT2D eigenvalue weighted by molar-refractivity contribution is 0.573. The van der Waals surface area contributed by atoms with Gasteiger partial charge < -0.3 is 4.42 Å². The van der Waals surface area contributed by atoms with Crippen molar-refractivity contribution in [2.75, 3.05) is 5.43 Å². The number of nitrogens with one attached hydrogen (secondary N) is 1. The van der Waals surface area contributed by atoms with Crippen molar-refractivity contribution >= 4 is 33.4 Å². The zero-order valence-corrected chi connectivity index (χ0v) is 13.1. The molecule has 1 aliphatic heterocycles. The number of furan rings is 1. The number of hydrogen-bond donors (Lipinski definition) is 1. The molecule has 0 saturated carbocycles. The van der Waals surface area contributed by atoms with Crippen LogP contribution in [0.25, 0.3) is 17.3 Å². The Morgan fingerprint density at radius 2 is 2.14 bits per heavy atom. The van der Waals surface area contributed by atoms with Gasteiger partial charge in [-0.1, -0.05) is 39.8 Å². The minimum Gasteiger partial charge on any atom is -0.461 e. The molecule has 1 aliphatic rings. The van der Waals surface area contributed by atoms with Crippen molar-refractivity contribution in [1.29, 1.82) is 0 Å². The average molecular weight is 361 g/mol. The van der Waals surface area contributed by atoms with Crippen LogP contribution in [0.2, 0.25) is 0 Å². The first-order valence-corrected chi connectivity index (χ1v) is 7.87. The second kappa shape index (κ2) is 5.09. The highest BCUT2D eigenvalue weighted by molar-refractivity contribution is 9.10. The van der Waals surface area contributed by atoms with Gasteiger partial charge in [0.2, 0.25) is 11.0 Å². The van der Waals surface area contributed by atoms with Crippen LogP contribution in [0.4, 0.5) is 0 Å². The van der Waals surface area contributed by atoms with Crippen LogP contribution in [0.3, 0.4) is 0 Å². The molecule has 3 aromatic rings. The Labute approximate surface area is 133 Å². The maximum absolute atomic E-state index is 5.40. The van der Waals surface area contributed by atoms with Crippen LogP contribution >= 0.6 is 27.7 Å². The molecule has 1 N–H and O–H groups in total. The predicted molar refractivity (Wildman–Crippen MR) is 85.1 cm³/mol. The van der Waals surface area contributed by atoms with Gasteiger partial charge in [-0.3, -0.25) is 5.43 Å². The van der Waals surface area contributed by atoms with E-state index in [2.05, 4.69) is 37.6 Å². The summed E-state index contributed by atoms with van der Waals surface area (Å²) in [5, 5.41) is 11.1. The van der Waals surface area contributed by atoms with Crippen LogP contribution in [0.1, 0.15) is 5.56 Å². The minimum absolute atomic E-state index is 0.656. The molecule has 4 rings (SSSR count). The fourth-order valence-electron chi connectivity index (χ4n) is 2.06. The molecule has 5 nitrogen and oxygen atoms in total. The summed E-state index contributed by atoms with van der Waals surface area (Å²) in [6, 6.07) is 11.8. The highest BCUT2D eigenvalue weighted by atomic mass is 79.9. The topological polar surface area (TPSA) is 55.9 Å².